The highest BCUT2D eigenvalue weighted by Crippen LogP contribution is 2.26. The fourth-order valence-electron chi connectivity index (χ4n) is 4.56. The molecule has 2 aromatic rings. The lowest BCUT2D eigenvalue weighted by Crippen LogP contribution is -2.64. The van der Waals surface area contributed by atoms with Gasteiger partial charge < -0.3 is 20.3 Å². The zero-order valence-corrected chi connectivity index (χ0v) is 23.5. The van der Waals surface area contributed by atoms with Crippen molar-refractivity contribution in [3.63, 3.8) is 0 Å². The standard InChI is InChI=1S/C27H36FN3O7S/c1-17-7-6-8-22(11-17)39(36,37)30-9-10-31(26(35)38-27(3,4)5)24(16-30)25(34)23(29-18(2)32)14-19-12-20(28)15-21(33)13-19/h6-8,11-13,15,23-25,33-34H,9-10,14,16H2,1-5H3,(H,29,32)/t23-,24+,25-/m0/s1. The third-order valence-electron chi connectivity index (χ3n) is 6.23. The predicted molar refractivity (Wildman–Crippen MR) is 142 cm³/mol. The van der Waals surface area contributed by atoms with Gasteiger partial charge in [-0.15, -0.1) is 0 Å². The lowest BCUT2D eigenvalue weighted by molar-refractivity contribution is -0.121. The first-order valence-electron chi connectivity index (χ1n) is 12.6. The van der Waals surface area contributed by atoms with Crippen LogP contribution in [0.1, 0.15) is 38.8 Å². The first-order valence-corrected chi connectivity index (χ1v) is 14.0. The Hall–Kier alpha value is -3.22. The van der Waals surface area contributed by atoms with Gasteiger partial charge in [0.2, 0.25) is 15.9 Å². The van der Waals surface area contributed by atoms with Crippen LogP contribution in [0.5, 0.6) is 5.75 Å². The van der Waals surface area contributed by atoms with E-state index in [9.17, 15) is 32.6 Å². The van der Waals surface area contributed by atoms with Crippen LogP contribution in [0.3, 0.4) is 0 Å². The number of nitrogens with one attached hydrogen (secondary N) is 1. The summed E-state index contributed by atoms with van der Waals surface area (Å²) in [6.07, 6.45) is -2.33. The number of amides is 2. The second-order valence-electron chi connectivity index (χ2n) is 10.7. The van der Waals surface area contributed by atoms with Crippen LogP contribution in [0.15, 0.2) is 47.4 Å². The second-order valence-corrected chi connectivity index (χ2v) is 12.7. The van der Waals surface area contributed by atoms with Crippen molar-refractivity contribution < 1.29 is 37.3 Å². The molecule has 0 unspecified atom stereocenters. The van der Waals surface area contributed by atoms with Crippen molar-refractivity contribution in [2.24, 2.45) is 0 Å². The number of carbonyl (C=O) groups excluding carboxylic acids is 2. The van der Waals surface area contributed by atoms with Crippen molar-refractivity contribution in [3.8, 4) is 5.75 Å². The van der Waals surface area contributed by atoms with E-state index in [1.165, 1.54) is 34.3 Å². The van der Waals surface area contributed by atoms with Crippen LogP contribution in [0.4, 0.5) is 9.18 Å². The number of benzene rings is 2. The highest BCUT2D eigenvalue weighted by atomic mass is 32.2. The van der Waals surface area contributed by atoms with E-state index in [-0.39, 0.29) is 42.3 Å². The van der Waals surface area contributed by atoms with Crippen LogP contribution in [-0.4, -0.2) is 83.3 Å². The van der Waals surface area contributed by atoms with Gasteiger partial charge in [0, 0.05) is 32.6 Å². The number of aliphatic hydroxyl groups is 1. The third kappa shape index (κ3) is 7.90. The van der Waals surface area contributed by atoms with E-state index in [1.807, 2.05) is 0 Å². The van der Waals surface area contributed by atoms with E-state index < -0.39 is 51.6 Å². The van der Waals surface area contributed by atoms with E-state index in [4.69, 9.17) is 4.74 Å². The fraction of sp³-hybridized carbons (Fsp3) is 0.481. The fourth-order valence-corrected chi connectivity index (χ4v) is 6.11. The number of rotatable bonds is 7. The number of halogens is 1. The topological polar surface area (TPSA) is 136 Å². The molecule has 10 nitrogen and oxygen atoms in total. The van der Waals surface area contributed by atoms with Crippen LogP contribution in [0, 0.1) is 12.7 Å². The number of ether oxygens (including phenoxy) is 1. The minimum atomic E-state index is -3.98. The Balaban J connectivity index is 1.98. The van der Waals surface area contributed by atoms with E-state index in [0.717, 1.165) is 17.7 Å². The van der Waals surface area contributed by atoms with Gasteiger partial charge in [-0.3, -0.25) is 9.69 Å². The molecule has 0 spiro atoms. The highest BCUT2D eigenvalue weighted by Gasteiger charge is 2.43. The predicted octanol–water partition coefficient (Wildman–Crippen LogP) is 2.56. The van der Waals surface area contributed by atoms with Gasteiger partial charge in [-0.1, -0.05) is 12.1 Å². The molecular formula is C27H36FN3O7S. The van der Waals surface area contributed by atoms with Gasteiger partial charge in [-0.05, 0) is 69.5 Å². The number of aromatic hydroxyl groups is 1. The molecule has 3 rings (SSSR count). The number of aliphatic hydroxyl groups excluding tert-OH is 1. The third-order valence-corrected chi connectivity index (χ3v) is 8.09. The van der Waals surface area contributed by atoms with Crippen LogP contribution in [0.25, 0.3) is 0 Å². The summed E-state index contributed by atoms with van der Waals surface area (Å²) in [6, 6.07) is 7.62. The van der Waals surface area contributed by atoms with Gasteiger partial charge in [0.05, 0.1) is 23.1 Å². The zero-order chi connectivity index (χ0) is 29.1. The van der Waals surface area contributed by atoms with E-state index in [1.54, 1.807) is 39.8 Å². The SMILES string of the molecule is CC(=O)N[C@@H](Cc1cc(O)cc(F)c1)[C@H](O)[C@H]1CN(S(=O)(=O)c2cccc(C)c2)CCN1C(=O)OC(C)(C)C. The molecule has 12 heteroatoms. The second kappa shape index (κ2) is 11.9. The lowest BCUT2D eigenvalue weighted by Gasteiger charge is -2.44. The maximum absolute atomic E-state index is 13.9. The molecule has 1 fully saturated rings. The number of phenolic OH excluding ortho intramolecular Hbond substituents is 1. The molecular weight excluding hydrogens is 529 g/mol. The summed E-state index contributed by atoms with van der Waals surface area (Å²) in [5, 5.41) is 24.0. The lowest BCUT2D eigenvalue weighted by atomic mass is 9.94. The van der Waals surface area contributed by atoms with E-state index in [2.05, 4.69) is 5.32 Å². The summed E-state index contributed by atoms with van der Waals surface area (Å²) < 4.78 is 47.7. The van der Waals surface area contributed by atoms with Crippen LogP contribution in [-0.2, 0) is 26.0 Å². The summed E-state index contributed by atoms with van der Waals surface area (Å²) in [6.45, 7) is 7.68. The van der Waals surface area contributed by atoms with Crippen molar-refractivity contribution in [3.05, 3.63) is 59.4 Å². The molecule has 1 aliphatic heterocycles. The first-order chi connectivity index (χ1) is 18.1. The first kappa shape index (κ1) is 30.3. The van der Waals surface area contributed by atoms with E-state index >= 15 is 0 Å². The summed E-state index contributed by atoms with van der Waals surface area (Å²) in [7, 11) is -3.98. The Kier molecular flexibility index (Phi) is 9.24. The molecule has 1 aliphatic rings. The Bertz CT molecular complexity index is 1290. The molecule has 0 aromatic heterocycles. The molecule has 1 saturated heterocycles. The molecule has 1 heterocycles. The molecule has 2 amide bonds. The van der Waals surface area contributed by atoms with Gasteiger partial charge in [-0.2, -0.15) is 4.31 Å². The van der Waals surface area contributed by atoms with Crippen LogP contribution < -0.4 is 5.32 Å². The Morgan fingerprint density at radius 1 is 1.18 bits per heavy atom. The van der Waals surface area contributed by atoms with Gasteiger partial charge in [0.25, 0.3) is 0 Å². The van der Waals surface area contributed by atoms with Gasteiger partial charge in [0.1, 0.15) is 17.2 Å². The Labute approximate surface area is 228 Å². The summed E-state index contributed by atoms with van der Waals surface area (Å²) >= 11 is 0. The summed E-state index contributed by atoms with van der Waals surface area (Å²) in [4.78, 5) is 26.5. The van der Waals surface area contributed by atoms with Crippen molar-refractivity contribution in [1.82, 2.24) is 14.5 Å². The molecule has 0 radical (unpaired) electrons. The molecule has 214 valence electrons. The number of nitrogens with zero attached hydrogens (tertiary/aromatic N) is 2. The minimum absolute atomic E-state index is 0.0404. The van der Waals surface area contributed by atoms with E-state index in [0.29, 0.717) is 0 Å². The smallest absolute Gasteiger partial charge is 0.410 e. The number of phenols is 1. The highest BCUT2D eigenvalue weighted by molar-refractivity contribution is 7.89. The number of hydrogen-bond donors (Lipinski definition) is 3. The number of piperazine rings is 1. The molecule has 3 N–H and O–H groups in total. The van der Waals surface area contributed by atoms with Crippen molar-refractivity contribution in [1.29, 1.82) is 0 Å². The Morgan fingerprint density at radius 2 is 1.87 bits per heavy atom. The number of aryl methyl sites for hydroxylation is 1. The van der Waals surface area contributed by atoms with Gasteiger partial charge in [0.15, 0.2) is 0 Å². The summed E-state index contributed by atoms with van der Waals surface area (Å²) in [5.74, 6) is -1.53. The quantitative estimate of drug-likeness (QED) is 0.469. The molecule has 2 aromatic carbocycles. The van der Waals surface area contributed by atoms with Crippen molar-refractivity contribution in [2.75, 3.05) is 19.6 Å². The number of hydrogen-bond acceptors (Lipinski definition) is 7. The number of sulfonamides is 1. The maximum atomic E-state index is 13.9. The molecule has 0 bridgehead atoms. The van der Waals surface area contributed by atoms with Crippen LogP contribution in [0.2, 0.25) is 0 Å². The monoisotopic (exact) mass is 565 g/mol. The molecule has 39 heavy (non-hydrogen) atoms. The summed E-state index contributed by atoms with van der Waals surface area (Å²) in [5.41, 5.74) is 0.186. The van der Waals surface area contributed by atoms with Gasteiger partial charge in [-0.25, -0.2) is 17.6 Å². The van der Waals surface area contributed by atoms with Crippen LogP contribution >= 0.6 is 0 Å². The average Bonchev–Trinajstić information content (AvgIpc) is 2.80. The maximum Gasteiger partial charge on any atom is 0.410 e. The molecule has 0 saturated carbocycles. The normalized spacial score (nSPS) is 18.3. The molecule has 3 atom stereocenters. The van der Waals surface area contributed by atoms with Crippen molar-refractivity contribution in [2.45, 2.75) is 69.7 Å². The number of carbonyl (C=O) groups is 2. The molecule has 0 aliphatic carbocycles. The average molecular weight is 566 g/mol. The van der Waals surface area contributed by atoms with Crippen molar-refractivity contribution >= 4 is 22.0 Å². The Morgan fingerprint density at radius 3 is 2.46 bits per heavy atom. The zero-order valence-electron chi connectivity index (χ0n) is 22.7. The minimum Gasteiger partial charge on any atom is -0.508 e. The van der Waals surface area contributed by atoms with Gasteiger partial charge >= 0.3 is 6.09 Å². The largest absolute Gasteiger partial charge is 0.508 e.